The number of likely N-dealkylation sites (tertiary alicyclic amines) is 2. The molecule has 2 atom stereocenters. The van der Waals surface area contributed by atoms with Gasteiger partial charge in [-0.25, -0.2) is 8.78 Å². The average Bonchev–Trinajstić information content (AvgIpc) is 4.02. The summed E-state index contributed by atoms with van der Waals surface area (Å²) in [7, 11) is 0. The minimum Gasteiger partial charge on any atom is -0.382 e. The first-order valence-corrected chi connectivity index (χ1v) is 24.5. The molecule has 21 heteroatoms. The van der Waals surface area contributed by atoms with Crippen LogP contribution in [0.2, 0.25) is 0 Å². The number of aromatic amines is 1. The molecule has 4 aromatic rings. The lowest BCUT2D eigenvalue weighted by Gasteiger charge is -2.46. The van der Waals surface area contributed by atoms with E-state index in [2.05, 4.69) is 25.8 Å². The number of halogens is 2. The molecule has 0 saturated carbocycles. The standard InChI is InChI=1S/C51H58F2N8O11/c52-34-26-32(27-35(53)30-34)31-55-48(67)51(69)12-18-60(49(51)68)36-4-5-38-33(28-36)29-40(56-38)46(65)59-16-10-50(11-17-59)8-14-58(15-9-50)19-21-71-23-25-72-24-22-70-20-13-54-39-3-1-2-37-43(39)47(66)61(45(37)64)41-6-7-42(62)57-44(41)63/h1-5,26-30,41,54,56,69H,6-25,31H2,(H,55,67)(H,57,62,63). The molecule has 0 bridgehead atoms. The monoisotopic (exact) mass is 996 g/mol. The van der Waals surface area contributed by atoms with Crippen molar-refractivity contribution in [1.29, 1.82) is 0 Å². The number of fused-ring (bicyclic) bond motifs is 2. The Bertz CT molecular complexity index is 2730. The Morgan fingerprint density at radius 3 is 2.19 bits per heavy atom. The topological polar surface area (TPSA) is 232 Å². The van der Waals surface area contributed by atoms with Gasteiger partial charge in [-0.3, -0.25) is 43.8 Å². The van der Waals surface area contributed by atoms with Crippen molar-refractivity contribution in [2.24, 2.45) is 5.41 Å². The smallest absolute Gasteiger partial charge is 0.270 e. The average molecular weight is 997 g/mol. The highest BCUT2D eigenvalue weighted by Gasteiger charge is 2.52. The maximum Gasteiger partial charge on any atom is 0.270 e. The highest BCUT2D eigenvalue weighted by Crippen LogP contribution is 2.42. The fourth-order valence-corrected chi connectivity index (χ4v) is 10.4. The van der Waals surface area contributed by atoms with E-state index in [1.807, 2.05) is 4.90 Å². The number of aliphatic hydroxyl groups is 1. The number of hydrogen-bond donors (Lipinski definition) is 5. The van der Waals surface area contributed by atoms with Crippen LogP contribution in [0.4, 0.5) is 20.2 Å². The highest BCUT2D eigenvalue weighted by atomic mass is 19.1. The predicted molar refractivity (Wildman–Crippen MR) is 256 cm³/mol. The first-order chi connectivity index (χ1) is 34.7. The van der Waals surface area contributed by atoms with Crippen LogP contribution in [0.3, 0.4) is 0 Å². The molecule has 3 aromatic carbocycles. The van der Waals surface area contributed by atoms with Crippen molar-refractivity contribution in [2.45, 2.75) is 63.1 Å². The van der Waals surface area contributed by atoms with Crippen molar-refractivity contribution in [3.63, 3.8) is 0 Å². The molecule has 19 nitrogen and oxygen atoms in total. The second kappa shape index (κ2) is 21.6. The number of rotatable bonds is 19. The van der Waals surface area contributed by atoms with Crippen LogP contribution in [0.25, 0.3) is 10.9 Å². The fourth-order valence-electron chi connectivity index (χ4n) is 10.4. The van der Waals surface area contributed by atoms with Crippen molar-refractivity contribution in [3.8, 4) is 0 Å². The molecule has 382 valence electrons. The third-order valence-electron chi connectivity index (χ3n) is 14.5. The number of imide groups is 2. The number of nitrogens with one attached hydrogen (secondary N) is 4. The van der Waals surface area contributed by atoms with Crippen molar-refractivity contribution < 1.29 is 61.7 Å². The summed E-state index contributed by atoms with van der Waals surface area (Å²) in [6.07, 6.45) is 3.91. The van der Waals surface area contributed by atoms with Crippen LogP contribution in [0.5, 0.6) is 0 Å². The van der Waals surface area contributed by atoms with Crippen molar-refractivity contribution in [1.82, 2.24) is 30.3 Å². The Hall–Kier alpha value is -6.65. The Balaban J connectivity index is 0.626. The Morgan fingerprint density at radius 2 is 1.47 bits per heavy atom. The van der Waals surface area contributed by atoms with E-state index >= 15 is 0 Å². The zero-order valence-corrected chi connectivity index (χ0v) is 39.8. The molecule has 1 spiro atoms. The van der Waals surface area contributed by atoms with E-state index in [1.54, 1.807) is 42.5 Å². The molecule has 6 heterocycles. The van der Waals surface area contributed by atoms with E-state index in [0.717, 1.165) is 62.4 Å². The SMILES string of the molecule is O=C1CCC(N2C(=O)c3cccc(NCCOCCOCCOCCN4CCC5(CC4)CCN(C(=O)c4cc6cc(N7CCC(O)(C(=O)NCc8cc(F)cc(F)c8)C7=O)ccc6[nH]4)CC5)c3C2=O)C(=O)N1. The lowest BCUT2D eigenvalue weighted by Crippen LogP contribution is -2.54. The van der Waals surface area contributed by atoms with Crippen LogP contribution >= 0.6 is 0 Å². The summed E-state index contributed by atoms with van der Waals surface area (Å²) < 4.78 is 44.4. The van der Waals surface area contributed by atoms with Crippen molar-refractivity contribution in [2.75, 3.05) is 95.7 Å². The second-order valence-corrected chi connectivity index (χ2v) is 19.1. The summed E-state index contributed by atoms with van der Waals surface area (Å²) in [6, 6.07) is 13.6. The second-order valence-electron chi connectivity index (χ2n) is 19.1. The normalized spacial score (nSPS) is 21.2. The summed E-state index contributed by atoms with van der Waals surface area (Å²) in [4.78, 5) is 100. The zero-order valence-electron chi connectivity index (χ0n) is 39.8. The van der Waals surface area contributed by atoms with Crippen molar-refractivity contribution >= 4 is 63.6 Å². The van der Waals surface area contributed by atoms with E-state index in [9.17, 15) is 47.4 Å². The van der Waals surface area contributed by atoms with Gasteiger partial charge in [-0.15, -0.1) is 0 Å². The van der Waals surface area contributed by atoms with Gasteiger partial charge in [0.1, 0.15) is 23.4 Å². The number of aromatic nitrogens is 1. The van der Waals surface area contributed by atoms with Gasteiger partial charge in [0.25, 0.3) is 29.5 Å². The molecule has 72 heavy (non-hydrogen) atoms. The number of H-pyrrole nitrogens is 1. The van der Waals surface area contributed by atoms with Crippen LogP contribution in [0.1, 0.15) is 81.7 Å². The van der Waals surface area contributed by atoms with Crippen LogP contribution in [-0.2, 0) is 39.9 Å². The summed E-state index contributed by atoms with van der Waals surface area (Å²) >= 11 is 0. The highest BCUT2D eigenvalue weighted by molar-refractivity contribution is 6.25. The summed E-state index contributed by atoms with van der Waals surface area (Å²) in [5.41, 5.74) is 0.449. The molecule has 2 unspecified atom stereocenters. The van der Waals surface area contributed by atoms with Gasteiger partial charge in [0.15, 0.2) is 0 Å². The predicted octanol–water partition coefficient (Wildman–Crippen LogP) is 3.11. The van der Waals surface area contributed by atoms with Gasteiger partial charge in [-0.2, -0.15) is 0 Å². The molecule has 1 aromatic heterocycles. The summed E-state index contributed by atoms with van der Waals surface area (Å²) in [6.45, 7) is 6.74. The quantitative estimate of drug-likeness (QED) is 0.0517. The molecule has 5 aliphatic heterocycles. The molecule has 5 aliphatic rings. The van der Waals surface area contributed by atoms with Gasteiger partial charge < -0.3 is 49.6 Å². The number of ether oxygens (including phenoxy) is 3. The molecule has 9 rings (SSSR count). The molecule has 4 saturated heterocycles. The number of benzene rings is 3. The van der Waals surface area contributed by atoms with E-state index in [-0.39, 0.29) is 60.4 Å². The first-order valence-electron chi connectivity index (χ1n) is 24.5. The summed E-state index contributed by atoms with van der Waals surface area (Å²) in [5, 5.41) is 19.6. The van der Waals surface area contributed by atoms with E-state index in [4.69, 9.17) is 14.2 Å². The van der Waals surface area contributed by atoms with Crippen molar-refractivity contribution in [3.05, 3.63) is 94.7 Å². The lowest BCUT2D eigenvalue weighted by atomic mass is 9.71. The number of hydrogen-bond acceptors (Lipinski definition) is 13. The van der Waals surface area contributed by atoms with E-state index in [1.165, 1.54) is 4.90 Å². The third-order valence-corrected chi connectivity index (χ3v) is 14.5. The molecule has 5 N–H and O–H groups in total. The minimum atomic E-state index is -2.35. The van der Waals surface area contributed by atoms with Gasteiger partial charge in [-0.05, 0) is 105 Å². The van der Waals surface area contributed by atoms with Gasteiger partial charge in [-0.1, -0.05) is 6.07 Å². The third kappa shape index (κ3) is 10.8. The maximum atomic E-state index is 13.7. The molecule has 0 radical (unpaired) electrons. The lowest BCUT2D eigenvalue weighted by molar-refractivity contribution is -0.149. The molecule has 7 amide bonds. The molecular formula is C51H58F2N8O11. The number of nitrogens with zero attached hydrogens (tertiary/aromatic N) is 4. The van der Waals surface area contributed by atoms with E-state index in [0.29, 0.717) is 93.3 Å². The number of piperidine rings is 3. The first kappa shape index (κ1) is 50.3. The van der Waals surface area contributed by atoms with E-state index < -0.39 is 58.7 Å². The number of carbonyl (C=O) groups is 7. The Kier molecular flexibility index (Phi) is 15.1. The minimum absolute atomic E-state index is 0.0517. The van der Waals surface area contributed by atoms with Crippen LogP contribution in [-0.4, -0.2) is 163 Å². The van der Waals surface area contributed by atoms with Gasteiger partial charge in [0.2, 0.25) is 17.4 Å². The van der Waals surface area contributed by atoms with Crippen LogP contribution in [0, 0.1) is 17.0 Å². The zero-order chi connectivity index (χ0) is 50.6. The number of anilines is 2. The number of amides is 7. The molecule has 0 aliphatic carbocycles. The Morgan fingerprint density at radius 1 is 0.778 bits per heavy atom. The van der Waals surface area contributed by atoms with Crippen LogP contribution in [0.15, 0.2) is 60.7 Å². The fraction of sp³-hybridized carbons (Fsp3) is 0.471. The number of carbonyl (C=O) groups excluding carboxylic acids is 7. The molecule has 4 fully saturated rings. The van der Waals surface area contributed by atoms with Crippen LogP contribution < -0.4 is 20.9 Å². The maximum absolute atomic E-state index is 13.7. The largest absolute Gasteiger partial charge is 0.382 e. The summed E-state index contributed by atoms with van der Waals surface area (Å²) in [5.74, 6) is -5.70. The van der Waals surface area contributed by atoms with Gasteiger partial charge >= 0.3 is 0 Å². The Labute approximate surface area is 413 Å². The van der Waals surface area contributed by atoms with Gasteiger partial charge in [0.05, 0.1) is 50.8 Å². The van der Waals surface area contributed by atoms with Gasteiger partial charge in [0, 0.05) is 80.5 Å². The molecular weight excluding hydrogens is 939 g/mol.